The van der Waals surface area contributed by atoms with Crippen molar-refractivity contribution in [1.82, 2.24) is 15.2 Å². The van der Waals surface area contributed by atoms with Gasteiger partial charge in [0, 0.05) is 5.75 Å². The van der Waals surface area contributed by atoms with Crippen LogP contribution in [-0.4, -0.2) is 20.9 Å². The van der Waals surface area contributed by atoms with Crippen LogP contribution in [0.25, 0.3) is 0 Å². The highest BCUT2D eigenvalue weighted by atomic mass is 32.2. The maximum absolute atomic E-state index is 8.78. The van der Waals surface area contributed by atoms with Crippen molar-refractivity contribution in [1.29, 1.82) is 5.26 Å². The van der Waals surface area contributed by atoms with Crippen LogP contribution in [0.5, 0.6) is 0 Å². The molecule has 1 saturated carbocycles. The Kier molecular flexibility index (Phi) is 1.77. The van der Waals surface area contributed by atoms with Gasteiger partial charge in [0.25, 0.3) is 0 Å². The number of nitriles is 1. The van der Waals surface area contributed by atoms with Crippen LogP contribution in [0.2, 0.25) is 0 Å². The van der Waals surface area contributed by atoms with Crippen molar-refractivity contribution in [2.45, 2.75) is 18.0 Å². The van der Waals surface area contributed by atoms with Crippen molar-refractivity contribution in [3.05, 3.63) is 6.33 Å². The minimum absolute atomic E-state index is 0.0581. The van der Waals surface area contributed by atoms with Gasteiger partial charge in [0.2, 0.25) is 0 Å². The van der Waals surface area contributed by atoms with Crippen LogP contribution in [0.15, 0.2) is 11.5 Å². The highest BCUT2D eigenvalue weighted by Gasteiger charge is 2.43. The van der Waals surface area contributed by atoms with Crippen LogP contribution in [0.3, 0.4) is 0 Å². The Labute approximate surface area is 74.4 Å². The van der Waals surface area contributed by atoms with E-state index in [1.165, 1.54) is 6.33 Å². The van der Waals surface area contributed by atoms with Gasteiger partial charge in [-0.2, -0.15) is 10.4 Å². The van der Waals surface area contributed by atoms with Crippen LogP contribution in [0.4, 0.5) is 0 Å². The lowest BCUT2D eigenvalue weighted by molar-refractivity contribution is 0.779. The van der Waals surface area contributed by atoms with Crippen molar-refractivity contribution in [3.8, 4) is 6.07 Å². The molecule has 0 amide bonds. The van der Waals surface area contributed by atoms with E-state index in [1.54, 1.807) is 11.8 Å². The highest BCUT2D eigenvalue weighted by Crippen LogP contribution is 2.47. The Morgan fingerprint density at radius 3 is 3.08 bits per heavy atom. The van der Waals surface area contributed by atoms with E-state index in [9.17, 15) is 0 Å². The molecule has 4 nitrogen and oxygen atoms in total. The number of hydrogen-bond donors (Lipinski definition) is 1. The number of H-pyrrole nitrogens is 1. The molecule has 1 aliphatic carbocycles. The molecule has 1 aromatic heterocycles. The molecule has 0 spiro atoms. The van der Waals surface area contributed by atoms with Crippen LogP contribution in [0.1, 0.15) is 12.8 Å². The van der Waals surface area contributed by atoms with Gasteiger partial charge >= 0.3 is 0 Å². The fourth-order valence-electron chi connectivity index (χ4n) is 0.910. The summed E-state index contributed by atoms with van der Waals surface area (Å²) in [5, 5.41) is 16.1. The van der Waals surface area contributed by atoms with E-state index >= 15 is 0 Å². The summed E-state index contributed by atoms with van der Waals surface area (Å²) >= 11 is 1.57. The van der Waals surface area contributed by atoms with Crippen LogP contribution >= 0.6 is 11.8 Å². The minimum atomic E-state index is -0.0581. The molecule has 0 aliphatic heterocycles. The van der Waals surface area contributed by atoms with Gasteiger partial charge in [0.1, 0.15) is 6.33 Å². The monoisotopic (exact) mass is 180 g/mol. The van der Waals surface area contributed by atoms with E-state index in [4.69, 9.17) is 5.26 Å². The third-order valence-corrected chi connectivity index (χ3v) is 3.14. The molecule has 0 atom stereocenters. The predicted molar refractivity (Wildman–Crippen MR) is 44.4 cm³/mol. The van der Waals surface area contributed by atoms with Crippen molar-refractivity contribution in [2.24, 2.45) is 5.41 Å². The number of aromatic amines is 1. The van der Waals surface area contributed by atoms with Crippen LogP contribution in [0, 0.1) is 16.7 Å². The fraction of sp³-hybridized carbons (Fsp3) is 0.571. The fourth-order valence-corrected chi connectivity index (χ4v) is 1.91. The molecular formula is C7H8N4S. The van der Waals surface area contributed by atoms with Crippen LogP contribution < -0.4 is 0 Å². The molecule has 62 valence electrons. The number of aromatic nitrogens is 3. The number of hydrogen-bond acceptors (Lipinski definition) is 4. The summed E-state index contributed by atoms with van der Waals surface area (Å²) in [5.74, 6) is 0.832. The van der Waals surface area contributed by atoms with Gasteiger partial charge in [-0.1, -0.05) is 11.8 Å². The molecule has 12 heavy (non-hydrogen) atoms. The Balaban J connectivity index is 1.88. The molecule has 0 unspecified atom stereocenters. The van der Waals surface area contributed by atoms with Crippen molar-refractivity contribution in [2.75, 3.05) is 5.75 Å². The Bertz CT molecular complexity index is 296. The first kappa shape index (κ1) is 7.62. The zero-order valence-electron chi connectivity index (χ0n) is 6.45. The summed E-state index contributed by atoms with van der Waals surface area (Å²) < 4.78 is 0. The molecule has 2 rings (SSSR count). The Morgan fingerprint density at radius 1 is 1.75 bits per heavy atom. The molecule has 1 aliphatic rings. The molecule has 1 fully saturated rings. The molecule has 1 N–H and O–H groups in total. The summed E-state index contributed by atoms with van der Waals surface area (Å²) in [7, 11) is 0. The average molecular weight is 180 g/mol. The third kappa shape index (κ3) is 1.43. The van der Waals surface area contributed by atoms with E-state index in [2.05, 4.69) is 21.3 Å². The highest BCUT2D eigenvalue weighted by molar-refractivity contribution is 7.99. The number of nitrogens with one attached hydrogen (secondary N) is 1. The van der Waals surface area contributed by atoms with Gasteiger partial charge < -0.3 is 0 Å². The van der Waals surface area contributed by atoms with Crippen molar-refractivity contribution < 1.29 is 0 Å². The second-order valence-electron chi connectivity index (χ2n) is 2.97. The standard InChI is InChI=1S/C7H8N4S/c8-3-7(1-2-7)4-12-6-9-5-10-11-6/h5H,1-2,4H2,(H,9,10,11). The summed E-state index contributed by atoms with van der Waals surface area (Å²) in [6.07, 6.45) is 3.55. The zero-order chi connectivity index (χ0) is 8.44. The molecule has 1 heterocycles. The predicted octanol–water partition coefficient (Wildman–Crippen LogP) is 1.20. The molecule has 0 bridgehead atoms. The third-order valence-electron chi connectivity index (χ3n) is 1.97. The topological polar surface area (TPSA) is 65.4 Å². The van der Waals surface area contributed by atoms with Gasteiger partial charge in [-0.3, -0.25) is 5.10 Å². The lowest BCUT2D eigenvalue weighted by atomic mass is 10.2. The summed E-state index contributed by atoms with van der Waals surface area (Å²) in [6, 6.07) is 2.33. The van der Waals surface area contributed by atoms with Gasteiger partial charge in [-0.15, -0.1) is 0 Å². The van der Waals surface area contributed by atoms with E-state index in [0.717, 1.165) is 23.8 Å². The second-order valence-corrected chi connectivity index (χ2v) is 3.94. The minimum Gasteiger partial charge on any atom is -0.254 e. The molecule has 0 aromatic carbocycles. The van der Waals surface area contributed by atoms with E-state index in [0.29, 0.717) is 0 Å². The molecule has 1 aromatic rings. The number of nitrogens with zero attached hydrogens (tertiary/aromatic N) is 3. The van der Waals surface area contributed by atoms with E-state index < -0.39 is 0 Å². The second kappa shape index (κ2) is 2.79. The van der Waals surface area contributed by atoms with E-state index in [-0.39, 0.29) is 5.41 Å². The lowest BCUT2D eigenvalue weighted by Gasteiger charge is -2.00. The van der Waals surface area contributed by atoms with Gasteiger partial charge in [-0.05, 0) is 12.8 Å². The van der Waals surface area contributed by atoms with Crippen LogP contribution in [-0.2, 0) is 0 Å². The van der Waals surface area contributed by atoms with Gasteiger partial charge in [0.05, 0.1) is 11.5 Å². The smallest absolute Gasteiger partial charge is 0.183 e. The first-order chi connectivity index (χ1) is 5.85. The van der Waals surface area contributed by atoms with Crippen molar-refractivity contribution >= 4 is 11.8 Å². The zero-order valence-corrected chi connectivity index (χ0v) is 7.27. The quantitative estimate of drug-likeness (QED) is 0.710. The summed E-state index contributed by atoms with van der Waals surface area (Å²) in [5.41, 5.74) is -0.0581. The van der Waals surface area contributed by atoms with Gasteiger partial charge in [0.15, 0.2) is 5.16 Å². The van der Waals surface area contributed by atoms with E-state index in [1.807, 2.05) is 0 Å². The molecule has 0 radical (unpaired) electrons. The maximum Gasteiger partial charge on any atom is 0.183 e. The average Bonchev–Trinajstić information content (AvgIpc) is 2.70. The number of thioether (sulfide) groups is 1. The first-order valence-corrected chi connectivity index (χ1v) is 4.73. The first-order valence-electron chi connectivity index (χ1n) is 3.74. The molecule has 0 saturated heterocycles. The summed E-state index contributed by atoms with van der Waals surface area (Å²) in [4.78, 5) is 3.97. The van der Waals surface area contributed by atoms with Gasteiger partial charge in [-0.25, -0.2) is 4.98 Å². The Morgan fingerprint density at radius 2 is 2.58 bits per heavy atom. The lowest BCUT2D eigenvalue weighted by Crippen LogP contribution is -1.99. The van der Waals surface area contributed by atoms with Crippen molar-refractivity contribution in [3.63, 3.8) is 0 Å². The largest absolute Gasteiger partial charge is 0.254 e. The normalized spacial score (nSPS) is 18.6. The Hall–Kier alpha value is -1.02. The molecular weight excluding hydrogens is 172 g/mol. The SMILES string of the molecule is N#CC1(CSc2ncn[nH]2)CC1. The maximum atomic E-state index is 8.78. The summed E-state index contributed by atoms with van der Waals surface area (Å²) in [6.45, 7) is 0. The number of rotatable bonds is 3. The molecule has 5 heteroatoms.